The first-order chi connectivity index (χ1) is 13.1. The highest BCUT2D eigenvalue weighted by Gasteiger charge is 2.18. The molecule has 27 heavy (non-hydrogen) atoms. The number of carbonyl (C=O) groups is 2. The standard InChI is InChI=1S/C20H22ClN3O3/c1-27-18-11-10-14(12-15(18)21)23-20(26)17-9-5-8-16(24-17)19(25)22-13-6-3-2-4-7-13/h5,8-13H,2-4,6-7H2,1H3,(H,22,25)(H,23,26). The Kier molecular flexibility index (Phi) is 6.29. The van der Waals surface area contributed by atoms with Crippen LogP contribution in [-0.4, -0.2) is 29.9 Å². The number of hydrogen-bond donors (Lipinski definition) is 2. The Morgan fingerprint density at radius 2 is 1.78 bits per heavy atom. The zero-order chi connectivity index (χ0) is 19.2. The molecule has 1 heterocycles. The summed E-state index contributed by atoms with van der Waals surface area (Å²) in [6, 6.07) is 9.96. The SMILES string of the molecule is COc1ccc(NC(=O)c2cccc(C(=O)NC3CCCCC3)n2)cc1Cl. The number of nitrogens with one attached hydrogen (secondary N) is 2. The third-order valence-electron chi connectivity index (χ3n) is 4.56. The van der Waals surface area contributed by atoms with Crippen molar-refractivity contribution in [2.75, 3.05) is 12.4 Å². The molecule has 0 bridgehead atoms. The molecule has 1 saturated carbocycles. The number of methoxy groups -OCH3 is 1. The van der Waals surface area contributed by atoms with Gasteiger partial charge < -0.3 is 15.4 Å². The number of anilines is 1. The van der Waals surface area contributed by atoms with E-state index >= 15 is 0 Å². The Morgan fingerprint density at radius 1 is 1.07 bits per heavy atom. The maximum absolute atomic E-state index is 12.5. The molecule has 0 aliphatic heterocycles. The molecule has 1 aliphatic rings. The van der Waals surface area contributed by atoms with Crippen molar-refractivity contribution in [1.29, 1.82) is 0 Å². The lowest BCUT2D eigenvalue weighted by molar-refractivity contribution is 0.0922. The third-order valence-corrected chi connectivity index (χ3v) is 4.86. The first-order valence-electron chi connectivity index (χ1n) is 8.99. The second-order valence-electron chi connectivity index (χ2n) is 6.52. The van der Waals surface area contributed by atoms with Gasteiger partial charge in [-0.25, -0.2) is 4.98 Å². The normalized spacial score (nSPS) is 14.4. The number of benzene rings is 1. The molecule has 1 fully saturated rings. The van der Waals surface area contributed by atoms with E-state index in [9.17, 15) is 9.59 Å². The molecule has 0 radical (unpaired) electrons. The molecular formula is C20H22ClN3O3. The van der Waals surface area contributed by atoms with Crippen LogP contribution in [0.1, 0.15) is 53.1 Å². The lowest BCUT2D eigenvalue weighted by atomic mass is 9.95. The van der Waals surface area contributed by atoms with Crippen LogP contribution in [0.2, 0.25) is 5.02 Å². The Hall–Kier alpha value is -2.60. The maximum Gasteiger partial charge on any atom is 0.274 e. The number of nitrogens with zero attached hydrogens (tertiary/aromatic N) is 1. The van der Waals surface area contributed by atoms with E-state index in [-0.39, 0.29) is 23.3 Å². The third kappa shape index (κ3) is 4.98. The van der Waals surface area contributed by atoms with E-state index in [0.29, 0.717) is 16.5 Å². The van der Waals surface area contributed by atoms with Crippen molar-refractivity contribution in [2.24, 2.45) is 0 Å². The van der Waals surface area contributed by atoms with Crippen molar-refractivity contribution < 1.29 is 14.3 Å². The van der Waals surface area contributed by atoms with Gasteiger partial charge in [0.15, 0.2) is 0 Å². The van der Waals surface area contributed by atoms with Crippen LogP contribution in [0.25, 0.3) is 0 Å². The summed E-state index contributed by atoms with van der Waals surface area (Å²) in [5.74, 6) is -0.137. The van der Waals surface area contributed by atoms with Gasteiger partial charge in [-0.1, -0.05) is 36.9 Å². The van der Waals surface area contributed by atoms with E-state index in [2.05, 4.69) is 15.6 Å². The van der Waals surface area contributed by atoms with E-state index in [1.807, 2.05) is 0 Å². The fourth-order valence-electron chi connectivity index (χ4n) is 3.13. The average Bonchev–Trinajstić information content (AvgIpc) is 2.69. The zero-order valence-corrected chi connectivity index (χ0v) is 15.9. The number of aromatic nitrogens is 1. The van der Waals surface area contributed by atoms with Crippen molar-refractivity contribution in [2.45, 2.75) is 38.1 Å². The smallest absolute Gasteiger partial charge is 0.274 e. The molecule has 3 rings (SSSR count). The Morgan fingerprint density at radius 3 is 2.44 bits per heavy atom. The molecule has 0 saturated heterocycles. The van der Waals surface area contributed by atoms with Gasteiger partial charge in [-0.15, -0.1) is 0 Å². The molecule has 7 heteroatoms. The van der Waals surface area contributed by atoms with Crippen LogP contribution in [0, 0.1) is 0 Å². The first kappa shape index (κ1) is 19.2. The largest absolute Gasteiger partial charge is 0.495 e. The first-order valence-corrected chi connectivity index (χ1v) is 9.37. The minimum absolute atomic E-state index is 0.165. The lowest BCUT2D eigenvalue weighted by Crippen LogP contribution is -2.36. The predicted octanol–water partition coefficient (Wildman–Crippen LogP) is 4.06. The monoisotopic (exact) mass is 387 g/mol. The molecule has 0 atom stereocenters. The molecule has 0 spiro atoms. The Balaban J connectivity index is 1.67. The number of pyridine rings is 1. The zero-order valence-electron chi connectivity index (χ0n) is 15.1. The van der Waals surface area contributed by atoms with E-state index < -0.39 is 5.91 Å². The van der Waals surface area contributed by atoms with Crippen LogP contribution in [0.5, 0.6) is 5.75 Å². The summed E-state index contributed by atoms with van der Waals surface area (Å²) >= 11 is 6.07. The van der Waals surface area contributed by atoms with Gasteiger partial charge in [-0.2, -0.15) is 0 Å². The minimum atomic E-state index is -0.413. The number of halogens is 1. The van der Waals surface area contributed by atoms with E-state index in [1.165, 1.54) is 13.5 Å². The van der Waals surface area contributed by atoms with Crippen molar-refractivity contribution in [3.8, 4) is 5.75 Å². The van der Waals surface area contributed by atoms with Gasteiger partial charge in [0.1, 0.15) is 17.1 Å². The van der Waals surface area contributed by atoms with Gasteiger partial charge in [0.2, 0.25) is 0 Å². The van der Waals surface area contributed by atoms with Crippen LogP contribution in [0.15, 0.2) is 36.4 Å². The topological polar surface area (TPSA) is 80.3 Å². The molecule has 1 aromatic heterocycles. The molecule has 1 aliphatic carbocycles. The molecule has 2 aromatic rings. The van der Waals surface area contributed by atoms with Crippen LogP contribution in [-0.2, 0) is 0 Å². The van der Waals surface area contributed by atoms with Gasteiger partial charge in [-0.05, 0) is 43.2 Å². The van der Waals surface area contributed by atoms with Crippen molar-refractivity contribution in [3.63, 3.8) is 0 Å². The highest BCUT2D eigenvalue weighted by Crippen LogP contribution is 2.27. The van der Waals surface area contributed by atoms with Gasteiger partial charge in [-0.3, -0.25) is 9.59 Å². The number of carbonyl (C=O) groups excluding carboxylic acids is 2. The van der Waals surface area contributed by atoms with Crippen LogP contribution in [0.3, 0.4) is 0 Å². The average molecular weight is 388 g/mol. The molecule has 142 valence electrons. The minimum Gasteiger partial charge on any atom is -0.495 e. The fourth-order valence-corrected chi connectivity index (χ4v) is 3.39. The summed E-state index contributed by atoms with van der Waals surface area (Å²) in [6.45, 7) is 0. The number of ether oxygens (including phenoxy) is 1. The summed E-state index contributed by atoms with van der Waals surface area (Å²) in [5.41, 5.74) is 0.920. The lowest BCUT2D eigenvalue weighted by Gasteiger charge is -2.22. The summed E-state index contributed by atoms with van der Waals surface area (Å²) in [7, 11) is 1.52. The molecule has 1 aromatic carbocycles. The molecule has 2 N–H and O–H groups in total. The summed E-state index contributed by atoms with van der Waals surface area (Å²) in [4.78, 5) is 29.1. The molecule has 6 nitrogen and oxygen atoms in total. The van der Waals surface area contributed by atoms with Crippen molar-refractivity contribution in [3.05, 3.63) is 52.8 Å². The van der Waals surface area contributed by atoms with E-state index in [4.69, 9.17) is 16.3 Å². The number of rotatable bonds is 5. The van der Waals surface area contributed by atoms with Gasteiger partial charge >= 0.3 is 0 Å². The maximum atomic E-state index is 12.5. The van der Waals surface area contributed by atoms with Crippen LogP contribution in [0.4, 0.5) is 5.69 Å². The van der Waals surface area contributed by atoms with E-state index in [1.54, 1.807) is 36.4 Å². The fraction of sp³-hybridized carbons (Fsp3) is 0.350. The summed E-state index contributed by atoms with van der Waals surface area (Å²) in [5, 5.41) is 6.12. The molecule has 0 unspecified atom stereocenters. The quantitative estimate of drug-likeness (QED) is 0.810. The summed E-state index contributed by atoms with van der Waals surface area (Å²) < 4.78 is 5.09. The predicted molar refractivity (Wildman–Crippen MR) is 105 cm³/mol. The Bertz CT molecular complexity index is 835. The van der Waals surface area contributed by atoms with Crippen LogP contribution >= 0.6 is 11.6 Å². The highest BCUT2D eigenvalue weighted by atomic mass is 35.5. The van der Waals surface area contributed by atoms with Gasteiger partial charge in [0, 0.05) is 11.7 Å². The van der Waals surface area contributed by atoms with E-state index in [0.717, 1.165) is 25.7 Å². The highest BCUT2D eigenvalue weighted by molar-refractivity contribution is 6.32. The van der Waals surface area contributed by atoms with Gasteiger partial charge in [0.05, 0.1) is 12.1 Å². The second-order valence-corrected chi connectivity index (χ2v) is 6.93. The molecule has 2 amide bonds. The Labute approximate surface area is 163 Å². The summed E-state index contributed by atoms with van der Waals surface area (Å²) in [6.07, 6.45) is 5.46. The molecular weight excluding hydrogens is 366 g/mol. The van der Waals surface area contributed by atoms with Crippen molar-refractivity contribution >= 4 is 29.1 Å². The second kappa shape index (κ2) is 8.86. The van der Waals surface area contributed by atoms with Gasteiger partial charge in [0.25, 0.3) is 11.8 Å². The number of amides is 2. The number of hydrogen-bond acceptors (Lipinski definition) is 4. The van der Waals surface area contributed by atoms with Crippen molar-refractivity contribution in [1.82, 2.24) is 10.3 Å². The van der Waals surface area contributed by atoms with Crippen LogP contribution < -0.4 is 15.4 Å².